The minimum Gasteiger partial charge on any atom is -0.320 e. The Labute approximate surface area is 159 Å². The molecule has 6 heteroatoms. The van der Waals surface area contributed by atoms with E-state index in [1.807, 2.05) is 55.5 Å². The Morgan fingerprint density at radius 3 is 2.54 bits per heavy atom. The third kappa shape index (κ3) is 2.42. The van der Waals surface area contributed by atoms with Crippen LogP contribution in [-0.4, -0.2) is 20.3 Å². The van der Waals surface area contributed by atoms with Gasteiger partial charge in [-0.25, -0.2) is 9.97 Å². The molecule has 0 spiro atoms. The van der Waals surface area contributed by atoms with Gasteiger partial charge in [-0.15, -0.1) is 0 Å². The zero-order chi connectivity index (χ0) is 19.3. The molecule has 0 aliphatic rings. The second-order valence-electron chi connectivity index (χ2n) is 6.58. The first kappa shape index (κ1) is 16.4. The summed E-state index contributed by atoms with van der Waals surface area (Å²) in [5.74, 6) is -0.137. The summed E-state index contributed by atoms with van der Waals surface area (Å²) in [5.41, 5.74) is 3.69. The predicted molar refractivity (Wildman–Crippen MR) is 107 cm³/mol. The molecule has 28 heavy (non-hydrogen) atoms. The fourth-order valence-corrected chi connectivity index (χ4v) is 3.65. The number of aryl methyl sites for hydroxylation is 1. The van der Waals surface area contributed by atoms with Gasteiger partial charge in [0.15, 0.2) is 0 Å². The molecule has 0 bridgehead atoms. The molecule has 0 fully saturated rings. The van der Waals surface area contributed by atoms with E-state index in [0.717, 1.165) is 33.1 Å². The Morgan fingerprint density at radius 2 is 1.75 bits per heavy atom. The zero-order valence-electron chi connectivity index (χ0n) is 15.0. The van der Waals surface area contributed by atoms with Crippen LogP contribution >= 0.6 is 0 Å². The lowest BCUT2D eigenvalue weighted by atomic mass is 10.1. The van der Waals surface area contributed by atoms with Crippen LogP contribution in [0.4, 0.5) is 10.1 Å². The fraction of sp³-hybridized carbons (Fsp3) is 0.0455. The van der Waals surface area contributed by atoms with Crippen molar-refractivity contribution in [1.82, 2.24) is 14.4 Å². The average molecular weight is 370 g/mol. The second kappa shape index (κ2) is 6.13. The lowest BCUT2D eigenvalue weighted by molar-refractivity contribution is 0.102. The molecular formula is C22H15FN4O. The van der Waals surface area contributed by atoms with Gasteiger partial charge in [-0.1, -0.05) is 36.4 Å². The van der Waals surface area contributed by atoms with Crippen molar-refractivity contribution < 1.29 is 9.18 Å². The minimum absolute atomic E-state index is 0.292. The number of hydrogen-bond donors (Lipinski definition) is 1. The van der Waals surface area contributed by atoms with E-state index in [-0.39, 0.29) is 5.91 Å². The van der Waals surface area contributed by atoms with Gasteiger partial charge in [0.25, 0.3) is 5.91 Å². The number of nitrogens with one attached hydrogen (secondary N) is 1. The van der Waals surface area contributed by atoms with E-state index in [0.29, 0.717) is 11.3 Å². The number of pyridine rings is 1. The first-order chi connectivity index (χ1) is 13.6. The van der Waals surface area contributed by atoms with Crippen LogP contribution in [0.2, 0.25) is 0 Å². The summed E-state index contributed by atoms with van der Waals surface area (Å²) in [6, 6.07) is 18.3. The summed E-state index contributed by atoms with van der Waals surface area (Å²) in [5, 5.41) is 4.86. The molecule has 3 heterocycles. The molecule has 5 nitrogen and oxygen atoms in total. The van der Waals surface area contributed by atoms with Gasteiger partial charge in [0.1, 0.15) is 5.82 Å². The second-order valence-corrected chi connectivity index (χ2v) is 6.58. The SMILES string of the molecule is Cc1nc2ccccc2c2c(NC(=O)c3ccc(F)nc3)c3ccccc3n12. The zero-order valence-corrected chi connectivity index (χ0v) is 15.0. The standard InChI is InChI=1S/C22H15FN4O/c1-13-25-17-8-4-2-6-15(17)21-20(16-7-3-5-9-18(16)27(13)21)26-22(28)14-10-11-19(23)24-12-14/h2-12H,1H3,(H,26,28). The Morgan fingerprint density at radius 1 is 1.00 bits per heavy atom. The molecule has 1 N–H and O–H groups in total. The Balaban J connectivity index is 1.81. The topological polar surface area (TPSA) is 59.3 Å². The number of anilines is 1. The predicted octanol–water partition coefficient (Wildman–Crippen LogP) is 4.74. The lowest BCUT2D eigenvalue weighted by Gasteiger charge is -2.09. The van der Waals surface area contributed by atoms with Crippen LogP contribution in [0.3, 0.4) is 0 Å². The molecule has 0 saturated heterocycles. The van der Waals surface area contributed by atoms with Gasteiger partial charge in [-0.2, -0.15) is 4.39 Å². The van der Waals surface area contributed by atoms with Gasteiger partial charge in [-0.3, -0.25) is 9.20 Å². The van der Waals surface area contributed by atoms with Gasteiger partial charge in [0.05, 0.1) is 27.8 Å². The third-order valence-electron chi connectivity index (χ3n) is 4.87. The number of fused-ring (bicyclic) bond motifs is 5. The number of para-hydroxylation sites is 2. The largest absolute Gasteiger partial charge is 0.320 e. The van der Waals surface area contributed by atoms with Crippen LogP contribution in [0.5, 0.6) is 0 Å². The van der Waals surface area contributed by atoms with E-state index in [1.54, 1.807) is 0 Å². The minimum atomic E-state index is -0.621. The molecule has 3 aromatic heterocycles. The maximum Gasteiger partial charge on any atom is 0.257 e. The molecule has 0 saturated carbocycles. The molecule has 136 valence electrons. The van der Waals surface area contributed by atoms with E-state index < -0.39 is 5.95 Å². The summed E-state index contributed by atoms with van der Waals surface area (Å²) in [6.07, 6.45) is 1.23. The quantitative estimate of drug-likeness (QED) is 0.457. The number of halogens is 1. The number of aromatic nitrogens is 3. The summed E-state index contributed by atoms with van der Waals surface area (Å²) in [6.45, 7) is 1.95. The monoisotopic (exact) mass is 370 g/mol. The van der Waals surface area contributed by atoms with Gasteiger partial charge >= 0.3 is 0 Å². The number of rotatable bonds is 2. The van der Waals surface area contributed by atoms with Gasteiger partial charge in [0, 0.05) is 17.0 Å². The number of carbonyl (C=O) groups is 1. The molecule has 0 atom stereocenters. The lowest BCUT2D eigenvalue weighted by Crippen LogP contribution is -2.12. The smallest absolute Gasteiger partial charge is 0.257 e. The van der Waals surface area contributed by atoms with Crippen LogP contribution in [0.1, 0.15) is 16.2 Å². The van der Waals surface area contributed by atoms with Crippen LogP contribution < -0.4 is 5.32 Å². The van der Waals surface area contributed by atoms with Crippen molar-refractivity contribution in [3.05, 3.63) is 84.2 Å². The van der Waals surface area contributed by atoms with Gasteiger partial charge in [0.2, 0.25) is 5.95 Å². The number of nitrogens with zero attached hydrogens (tertiary/aromatic N) is 3. The first-order valence-electron chi connectivity index (χ1n) is 8.85. The molecule has 0 aliphatic heterocycles. The molecule has 2 aromatic carbocycles. The van der Waals surface area contributed by atoms with Gasteiger partial charge < -0.3 is 5.32 Å². The van der Waals surface area contributed by atoms with Crippen LogP contribution in [-0.2, 0) is 0 Å². The van der Waals surface area contributed by atoms with E-state index in [2.05, 4.69) is 14.7 Å². The van der Waals surface area contributed by atoms with E-state index >= 15 is 0 Å². The van der Waals surface area contributed by atoms with Crippen molar-refractivity contribution >= 4 is 38.9 Å². The Hall–Kier alpha value is -3.80. The fourth-order valence-electron chi connectivity index (χ4n) is 3.65. The van der Waals surface area contributed by atoms with Crippen molar-refractivity contribution in [2.45, 2.75) is 6.92 Å². The van der Waals surface area contributed by atoms with Crippen LogP contribution in [0.15, 0.2) is 66.9 Å². The normalized spacial score (nSPS) is 11.4. The van der Waals surface area contributed by atoms with E-state index in [4.69, 9.17) is 4.98 Å². The third-order valence-corrected chi connectivity index (χ3v) is 4.87. The highest BCUT2D eigenvalue weighted by atomic mass is 19.1. The Bertz CT molecular complexity index is 1370. The first-order valence-corrected chi connectivity index (χ1v) is 8.85. The average Bonchev–Trinajstić information content (AvgIpc) is 3.04. The van der Waals surface area contributed by atoms with Crippen molar-refractivity contribution in [2.24, 2.45) is 0 Å². The van der Waals surface area contributed by atoms with Crippen molar-refractivity contribution in [3.8, 4) is 0 Å². The molecule has 0 radical (unpaired) electrons. The van der Waals surface area contributed by atoms with Crippen molar-refractivity contribution in [3.63, 3.8) is 0 Å². The number of hydrogen-bond acceptors (Lipinski definition) is 3. The number of benzene rings is 2. The summed E-state index contributed by atoms with van der Waals surface area (Å²) < 4.78 is 15.2. The van der Waals surface area contributed by atoms with E-state index in [9.17, 15) is 9.18 Å². The summed E-state index contributed by atoms with van der Waals surface area (Å²) in [7, 11) is 0. The Kier molecular flexibility index (Phi) is 3.58. The van der Waals surface area contributed by atoms with E-state index in [1.165, 1.54) is 18.3 Å². The number of amides is 1. The molecule has 0 aliphatic carbocycles. The van der Waals surface area contributed by atoms with Crippen molar-refractivity contribution in [1.29, 1.82) is 0 Å². The maximum absolute atomic E-state index is 13.1. The van der Waals surface area contributed by atoms with Crippen LogP contribution in [0.25, 0.3) is 27.3 Å². The van der Waals surface area contributed by atoms with Crippen LogP contribution in [0, 0.1) is 12.9 Å². The molecule has 1 amide bonds. The highest BCUT2D eigenvalue weighted by molar-refractivity contribution is 6.18. The summed E-state index contributed by atoms with van der Waals surface area (Å²) >= 11 is 0. The summed E-state index contributed by atoms with van der Waals surface area (Å²) in [4.78, 5) is 21.1. The molecule has 5 aromatic rings. The molecule has 0 unspecified atom stereocenters. The number of carbonyl (C=O) groups excluding carboxylic acids is 1. The molecular weight excluding hydrogens is 355 g/mol. The highest BCUT2D eigenvalue weighted by Gasteiger charge is 2.19. The highest BCUT2D eigenvalue weighted by Crippen LogP contribution is 2.36. The maximum atomic E-state index is 13.1. The van der Waals surface area contributed by atoms with Crippen molar-refractivity contribution in [2.75, 3.05) is 5.32 Å². The van der Waals surface area contributed by atoms with Gasteiger partial charge in [-0.05, 0) is 31.2 Å². The molecule has 5 rings (SSSR count).